The van der Waals surface area contributed by atoms with E-state index in [1.807, 2.05) is 11.9 Å². The minimum Gasteiger partial charge on any atom is -0.341 e. The molecule has 2 rings (SSSR count). The van der Waals surface area contributed by atoms with E-state index in [0.717, 1.165) is 24.1 Å². The van der Waals surface area contributed by atoms with Gasteiger partial charge < -0.3 is 10.2 Å². The molecule has 5 heteroatoms. The maximum atomic E-state index is 12.1. The Balaban J connectivity index is 1.80. The summed E-state index contributed by atoms with van der Waals surface area (Å²) in [5.41, 5.74) is 0. The number of hydrogen-bond acceptors (Lipinski definition) is 3. The molecule has 2 heterocycles. The van der Waals surface area contributed by atoms with Crippen LogP contribution in [0.5, 0.6) is 0 Å². The van der Waals surface area contributed by atoms with Gasteiger partial charge in [-0.15, -0.1) is 11.3 Å². The van der Waals surface area contributed by atoms with Gasteiger partial charge >= 0.3 is 0 Å². The molecule has 3 nitrogen and oxygen atoms in total. The van der Waals surface area contributed by atoms with Crippen LogP contribution < -0.4 is 5.32 Å². The number of hydrogen-bond donors (Lipinski definition) is 1. The van der Waals surface area contributed by atoms with Crippen molar-refractivity contribution in [3.05, 3.63) is 20.8 Å². The Labute approximate surface area is 121 Å². The fourth-order valence-electron chi connectivity index (χ4n) is 2.26. The van der Waals surface area contributed by atoms with E-state index < -0.39 is 0 Å². The van der Waals surface area contributed by atoms with E-state index >= 15 is 0 Å². The Bertz CT molecular complexity index is 401. The second-order valence-corrected chi connectivity index (χ2v) is 6.81. The minimum absolute atomic E-state index is 0.258. The van der Waals surface area contributed by atoms with Crippen molar-refractivity contribution in [1.82, 2.24) is 10.2 Å². The smallest absolute Gasteiger partial charge is 0.222 e. The Morgan fingerprint density at radius 1 is 1.67 bits per heavy atom. The Morgan fingerprint density at radius 3 is 3.11 bits per heavy atom. The van der Waals surface area contributed by atoms with Gasteiger partial charge in [0.1, 0.15) is 0 Å². The number of thiophene rings is 1. The summed E-state index contributed by atoms with van der Waals surface area (Å²) >= 11 is 5.13. The van der Waals surface area contributed by atoms with Crippen LogP contribution in [0.2, 0.25) is 0 Å². The van der Waals surface area contributed by atoms with Crippen LogP contribution in [0.4, 0.5) is 0 Å². The first-order valence-electron chi connectivity index (χ1n) is 6.32. The van der Waals surface area contributed by atoms with Crippen LogP contribution in [0.3, 0.4) is 0 Å². The number of halogens is 1. The lowest BCUT2D eigenvalue weighted by Crippen LogP contribution is -2.34. The molecule has 1 atom stereocenters. The molecule has 1 aliphatic rings. The number of carbonyl (C=O) groups is 1. The van der Waals surface area contributed by atoms with Crippen molar-refractivity contribution in [3.63, 3.8) is 0 Å². The molecule has 1 N–H and O–H groups in total. The van der Waals surface area contributed by atoms with E-state index in [-0.39, 0.29) is 5.91 Å². The van der Waals surface area contributed by atoms with Crippen molar-refractivity contribution < 1.29 is 4.79 Å². The van der Waals surface area contributed by atoms with Crippen molar-refractivity contribution in [2.24, 2.45) is 5.92 Å². The third kappa shape index (κ3) is 4.07. The molecule has 1 aromatic heterocycles. The molecular weight excluding hydrogens is 312 g/mol. The average Bonchev–Trinajstić information content (AvgIpc) is 2.76. The molecule has 0 radical (unpaired) electrons. The monoisotopic (exact) mass is 330 g/mol. The zero-order chi connectivity index (χ0) is 13.0. The third-order valence-corrected chi connectivity index (χ3v) is 4.99. The Kier molecular flexibility index (Phi) is 5.21. The minimum atomic E-state index is 0.258. The molecule has 0 aliphatic carbocycles. The maximum absolute atomic E-state index is 12.1. The molecule has 0 spiro atoms. The highest BCUT2D eigenvalue weighted by atomic mass is 79.9. The SMILES string of the molecule is CN(Cc1cc(Br)cs1)C(=O)CC1CCCNC1. The van der Waals surface area contributed by atoms with E-state index in [0.29, 0.717) is 12.3 Å². The van der Waals surface area contributed by atoms with Crippen LogP contribution in [0.15, 0.2) is 15.9 Å². The van der Waals surface area contributed by atoms with Crippen LogP contribution in [0.1, 0.15) is 24.1 Å². The Hall–Kier alpha value is -0.390. The van der Waals surface area contributed by atoms with Crippen LogP contribution in [-0.2, 0) is 11.3 Å². The summed E-state index contributed by atoms with van der Waals surface area (Å²) in [7, 11) is 1.90. The summed E-state index contributed by atoms with van der Waals surface area (Å²) in [6.45, 7) is 2.81. The quantitative estimate of drug-likeness (QED) is 0.920. The third-order valence-electron chi connectivity index (χ3n) is 3.30. The molecule has 0 saturated carbocycles. The van der Waals surface area contributed by atoms with Gasteiger partial charge in [-0.25, -0.2) is 0 Å². The summed E-state index contributed by atoms with van der Waals surface area (Å²) in [6.07, 6.45) is 3.05. The van der Waals surface area contributed by atoms with Crippen LogP contribution in [-0.4, -0.2) is 30.9 Å². The first-order chi connectivity index (χ1) is 8.65. The lowest BCUT2D eigenvalue weighted by atomic mass is 9.96. The molecule has 18 heavy (non-hydrogen) atoms. The fraction of sp³-hybridized carbons (Fsp3) is 0.615. The maximum Gasteiger partial charge on any atom is 0.222 e. The van der Waals surface area contributed by atoms with Gasteiger partial charge in [0.05, 0.1) is 6.54 Å². The van der Waals surface area contributed by atoms with E-state index in [4.69, 9.17) is 0 Å². The molecule has 1 amide bonds. The van der Waals surface area contributed by atoms with Gasteiger partial charge in [0.2, 0.25) is 5.91 Å². The van der Waals surface area contributed by atoms with Gasteiger partial charge in [0.15, 0.2) is 0 Å². The second-order valence-electron chi connectivity index (χ2n) is 4.90. The van der Waals surface area contributed by atoms with Crippen molar-refractivity contribution in [2.75, 3.05) is 20.1 Å². The molecule has 1 aromatic rings. The molecular formula is C13H19BrN2OS. The predicted octanol–water partition coefficient (Wildman–Crippen LogP) is 2.86. The highest BCUT2D eigenvalue weighted by Crippen LogP contribution is 2.22. The molecule has 1 fully saturated rings. The van der Waals surface area contributed by atoms with Crippen LogP contribution in [0.25, 0.3) is 0 Å². The van der Waals surface area contributed by atoms with E-state index in [1.165, 1.54) is 17.7 Å². The molecule has 0 aromatic carbocycles. The van der Waals surface area contributed by atoms with Gasteiger partial charge in [0.25, 0.3) is 0 Å². The van der Waals surface area contributed by atoms with Gasteiger partial charge in [-0.05, 0) is 53.8 Å². The lowest BCUT2D eigenvalue weighted by Gasteiger charge is -2.24. The van der Waals surface area contributed by atoms with E-state index in [9.17, 15) is 4.79 Å². The standard InChI is InChI=1S/C13H19BrN2OS/c1-16(8-12-6-11(14)9-18-12)13(17)5-10-3-2-4-15-7-10/h6,9-10,15H,2-5,7-8H2,1H3. The van der Waals surface area contributed by atoms with Gasteiger partial charge in [0, 0.05) is 28.2 Å². The second kappa shape index (κ2) is 6.68. The van der Waals surface area contributed by atoms with E-state index in [1.54, 1.807) is 11.3 Å². The first kappa shape index (κ1) is 14.0. The first-order valence-corrected chi connectivity index (χ1v) is 8.00. The molecule has 100 valence electrons. The average molecular weight is 331 g/mol. The summed E-state index contributed by atoms with van der Waals surface area (Å²) in [4.78, 5) is 15.2. The Morgan fingerprint density at radius 2 is 2.50 bits per heavy atom. The number of nitrogens with zero attached hydrogens (tertiary/aromatic N) is 1. The summed E-state index contributed by atoms with van der Waals surface area (Å²) in [5.74, 6) is 0.775. The largest absolute Gasteiger partial charge is 0.341 e. The molecule has 1 saturated heterocycles. The van der Waals surface area contributed by atoms with Gasteiger partial charge in [-0.1, -0.05) is 0 Å². The topological polar surface area (TPSA) is 32.3 Å². The summed E-state index contributed by atoms with van der Waals surface area (Å²) in [5, 5.41) is 5.41. The number of nitrogens with one attached hydrogen (secondary N) is 1. The predicted molar refractivity (Wildman–Crippen MR) is 78.7 cm³/mol. The van der Waals surface area contributed by atoms with Crippen molar-refractivity contribution in [2.45, 2.75) is 25.8 Å². The highest BCUT2D eigenvalue weighted by Gasteiger charge is 2.19. The van der Waals surface area contributed by atoms with Gasteiger partial charge in [-0.3, -0.25) is 4.79 Å². The fourth-order valence-corrected chi connectivity index (χ4v) is 3.76. The highest BCUT2D eigenvalue weighted by molar-refractivity contribution is 9.10. The van der Waals surface area contributed by atoms with Crippen LogP contribution in [0, 0.1) is 5.92 Å². The zero-order valence-electron chi connectivity index (χ0n) is 10.6. The lowest BCUT2D eigenvalue weighted by molar-refractivity contribution is -0.131. The normalized spacial score (nSPS) is 19.8. The van der Waals surface area contributed by atoms with Crippen molar-refractivity contribution >= 4 is 33.2 Å². The number of carbonyl (C=O) groups excluding carboxylic acids is 1. The van der Waals surface area contributed by atoms with Crippen molar-refractivity contribution in [3.8, 4) is 0 Å². The number of amides is 1. The van der Waals surface area contributed by atoms with Gasteiger partial charge in [-0.2, -0.15) is 0 Å². The molecule has 1 aliphatic heterocycles. The summed E-state index contributed by atoms with van der Waals surface area (Å²) < 4.78 is 1.10. The van der Waals surface area contributed by atoms with E-state index in [2.05, 4.69) is 32.7 Å². The number of piperidine rings is 1. The molecule has 1 unspecified atom stereocenters. The molecule has 0 bridgehead atoms. The number of rotatable bonds is 4. The van der Waals surface area contributed by atoms with Crippen molar-refractivity contribution in [1.29, 1.82) is 0 Å². The zero-order valence-corrected chi connectivity index (χ0v) is 13.0. The summed E-state index contributed by atoms with van der Waals surface area (Å²) in [6, 6.07) is 2.08. The van der Waals surface area contributed by atoms with Crippen LogP contribution >= 0.6 is 27.3 Å².